The van der Waals surface area contributed by atoms with Crippen LogP contribution in [0.5, 0.6) is 5.75 Å². The lowest BCUT2D eigenvalue weighted by atomic mass is 10.0. The Labute approximate surface area is 255 Å². The van der Waals surface area contributed by atoms with Gasteiger partial charge in [0.15, 0.2) is 11.6 Å². The molecule has 2 aromatic carbocycles. The Morgan fingerprint density at radius 1 is 1.09 bits per heavy atom. The number of rotatable bonds is 8. The smallest absolute Gasteiger partial charge is 0.331 e. The van der Waals surface area contributed by atoms with Crippen LogP contribution in [-0.2, 0) is 35.5 Å². The maximum atomic E-state index is 14.7. The number of likely N-dealkylation sites (tertiary alicyclic amines) is 1. The van der Waals surface area contributed by atoms with Crippen LogP contribution in [0.1, 0.15) is 18.4 Å². The second-order valence-corrected chi connectivity index (χ2v) is 12.4. The lowest BCUT2D eigenvalue weighted by Crippen LogP contribution is -2.51. The van der Waals surface area contributed by atoms with Gasteiger partial charge in [-0.1, -0.05) is 23.3 Å². The number of amides is 3. The second-order valence-electron chi connectivity index (χ2n) is 10.8. The highest BCUT2D eigenvalue weighted by atomic mass is 32.2. The van der Waals surface area contributed by atoms with Gasteiger partial charge in [-0.25, -0.2) is 18.4 Å². The average molecular weight is 630 g/mol. The SMILES string of the molecule is COc1ccc2c(c1)CCN(C1CCN(C(=O)Cn3cc(-c4cccc(F)c4F)c(=O)n(CC[S+](C)[O-])c3=O)CC1)C(=O)N2. The van der Waals surface area contributed by atoms with Crippen LogP contribution in [0.2, 0.25) is 0 Å². The number of nitrogens with zero attached hydrogens (tertiary/aromatic N) is 4. The van der Waals surface area contributed by atoms with E-state index >= 15 is 0 Å². The van der Waals surface area contributed by atoms with Crippen molar-refractivity contribution in [3.8, 4) is 16.9 Å². The van der Waals surface area contributed by atoms with E-state index in [2.05, 4.69) is 5.32 Å². The molecule has 11 nitrogen and oxygen atoms in total. The summed E-state index contributed by atoms with van der Waals surface area (Å²) in [5.74, 6) is -2.13. The number of nitrogens with one attached hydrogen (secondary N) is 1. The number of aromatic nitrogens is 2. The second kappa shape index (κ2) is 13.2. The summed E-state index contributed by atoms with van der Waals surface area (Å²) in [4.78, 5) is 56.2. The Morgan fingerprint density at radius 3 is 2.55 bits per heavy atom. The van der Waals surface area contributed by atoms with E-state index in [1.54, 1.807) is 23.0 Å². The molecule has 1 unspecified atom stereocenters. The highest BCUT2D eigenvalue weighted by Gasteiger charge is 2.32. The van der Waals surface area contributed by atoms with Gasteiger partial charge < -0.3 is 24.4 Å². The van der Waals surface area contributed by atoms with E-state index in [0.717, 1.165) is 32.6 Å². The molecule has 5 rings (SSSR count). The molecule has 2 aliphatic rings. The number of halogens is 2. The van der Waals surface area contributed by atoms with E-state index in [0.29, 0.717) is 44.6 Å². The van der Waals surface area contributed by atoms with Crippen molar-refractivity contribution in [1.82, 2.24) is 18.9 Å². The fourth-order valence-corrected chi connectivity index (χ4v) is 6.10. The van der Waals surface area contributed by atoms with Gasteiger partial charge >= 0.3 is 11.7 Å². The van der Waals surface area contributed by atoms with Crippen molar-refractivity contribution in [2.45, 2.75) is 38.4 Å². The van der Waals surface area contributed by atoms with Gasteiger partial charge in [0.2, 0.25) is 5.91 Å². The summed E-state index contributed by atoms with van der Waals surface area (Å²) in [6.45, 7) is 0.513. The number of carbonyl (C=O) groups is 2. The zero-order valence-corrected chi connectivity index (χ0v) is 25.2. The third kappa shape index (κ3) is 6.50. The van der Waals surface area contributed by atoms with Gasteiger partial charge in [0, 0.05) is 43.1 Å². The molecule has 3 heterocycles. The number of urea groups is 1. The van der Waals surface area contributed by atoms with Crippen LogP contribution in [0.15, 0.2) is 52.2 Å². The Balaban J connectivity index is 1.31. The van der Waals surface area contributed by atoms with Crippen LogP contribution in [0.4, 0.5) is 19.3 Å². The van der Waals surface area contributed by atoms with Gasteiger partial charge in [-0.2, -0.15) is 0 Å². The molecule has 0 spiro atoms. The third-order valence-electron chi connectivity index (χ3n) is 8.08. The van der Waals surface area contributed by atoms with Gasteiger partial charge in [-0.3, -0.25) is 18.7 Å². The zero-order chi connectivity index (χ0) is 31.5. The van der Waals surface area contributed by atoms with Crippen LogP contribution in [0.3, 0.4) is 0 Å². The Morgan fingerprint density at radius 2 is 1.84 bits per heavy atom. The fourth-order valence-electron chi connectivity index (χ4n) is 5.66. The minimum absolute atomic E-state index is 0.0194. The number of benzene rings is 2. The molecular formula is C30H33F2N5O6S. The maximum absolute atomic E-state index is 14.7. The van der Waals surface area contributed by atoms with Crippen molar-refractivity contribution in [3.05, 3.63) is 80.6 Å². The summed E-state index contributed by atoms with van der Waals surface area (Å²) < 4.78 is 47.5. The first-order chi connectivity index (χ1) is 21.1. The van der Waals surface area contributed by atoms with E-state index in [-0.39, 0.29) is 35.5 Å². The molecule has 2 aliphatic heterocycles. The molecule has 1 atom stereocenters. The summed E-state index contributed by atoms with van der Waals surface area (Å²) in [6.07, 6.45) is 4.17. The number of fused-ring (bicyclic) bond motifs is 1. The van der Waals surface area contributed by atoms with Gasteiger partial charge in [-0.05, 0) is 49.1 Å². The first-order valence-electron chi connectivity index (χ1n) is 14.2. The van der Waals surface area contributed by atoms with E-state index in [1.807, 2.05) is 12.1 Å². The molecule has 14 heteroatoms. The standard InChI is InChI=1S/C30H33F2N5O6S/c1-43-21-6-7-25-19(16-21)8-13-36(29(40)33-25)20-9-11-34(12-10-20)26(38)18-35-17-23(22-4-3-5-24(31)27(22)32)28(39)37(30(35)41)14-15-44(2)42/h3-7,16-17,20H,8-15,18H2,1-2H3,(H,33,40). The molecule has 234 valence electrons. The molecule has 1 saturated heterocycles. The van der Waals surface area contributed by atoms with Crippen molar-refractivity contribution >= 4 is 28.8 Å². The van der Waals surface area contributed by atoms with E-state index in [1.165, 1.54) is 18.4 Å². The molecule has 0 bridgehead atoms. The molecule has 44 heavy (non-hydrogen) atoms. The number of anilines is 1. The summed E-state index contributed by atoms with van der Waals surface area (Å²) in [5, 5.41) is 2.96. The lowest BCUT2D eigenvalue weighted by Gasteiger charge is -2.38. The average Bonchev–Trinajstić information content (AvgIpc) is 3.17. The van der Waals surface area contributed by atoms with E-state index < -0.39 is 46.5 Å². The first-order valence-corrected chi connectivity index (χ1v) is 15.9. The fraction of sp³-hybridized carbons (Fsp3) is 0.400. The Bertz CT molecular complexity index is 1690. The topological polar surface area (TPSA) is 129 Å². The summed E-state index contributed by atoms with van der Waals surface area (Å²) >= 11 is -1.34. The van der Waals surface area contributed by atoms with Gasteiger partial charge in [0.25, 0.3) is 5.56 Å². The minimum atomic E-state index is -1.34. The molecule has 3 aromatic rings. The molecule has 1 fully saturated rings. The van der Waals surface area contributed by atoms with Crippen molar-refractivity contribution in [2.24, 2.45) is 0 Å². The maximum Gasteiger partial charge on any atom is 0.331 e. The number of hydrogen-bond donors (Lipinski definition) is 1. The van der Waals surface area contributed by atoms with Crippen molar-refractivity contribution in [1.29, 1.82) is 0 Å². The summed E-state index contributed by atoms with van der Waals surface area (Å²) in [7, 11) is 1.59. The van der Waals surface area contributed by atoms with E-state index in [9.17, 15) is 32.5 Å². The highest BCUT2D eigenvalue weighted by Crippen LogP contribution is 2.28. The molecule has 0 aliphatic carbocycles. The van der Waals surface area contributed by atoms with Crippen molar-refractivity contribution in [3.63, 3.8) is 0 Å². The summed E-state index contributed by atoms with van der Waals surface area (Å²) in [5.41, 5.74) is -0.615. The Hall–Kier alpha value is -4.17. The van der Waals surface area contributed by atoms with Gasteiger partial charge in [-0.15, -0.1) is 0 Å². The third-order valence-corrected chi connectivity index (χ3v) is 8.84. The molecule has 1 aromatic heterocycles. The van der Waals surface area contributed by atoms with Crippen LogP contribution in [-0.4, -0.2) is 80.2 Å². The van der Waals surface area contributed by atoms with Crippen LogP contribution < -0.4 is 21.3 Å². The van der Waals surface area contributed by atoms with Gasteiger partial charge in [0.1, 0.15) is 18.0 Å². The number of ether oxygens (including phenoxy) is 1. The molecular weight excluding hydrogens is 596 g/mol. The molecule has 0 radical (unpaired) electrons. The van der Waals surface area contributed by atoms with Crippen molar-refractivity contribution in [2.75, 3.05) is 44.1 Å². The quantitative estimate of drug-likeness (QED) is 0.381. The van der Waals surface area contributed by atoms with Crippen LogP contribution in [0, 0.1) is 11.6 Å². The normalized spacial score (nSPS) is 16.2. The number of piperidine rings is 1. The highest BCUT2D eigenvalue weighted by molar-refractivity contribution is 7.90. The predicted molar refractivity (Wildman–Crippen MR) is 161 cm³/mol. The van der Waals surface area contributed by atoms with Crippen molar-refractivity contribution < 1.29 is 27.7 Å². The zero-order valence-electron chi connectivity index (χ0n) is 24.4. The number of hydrogen-bond acceptors (Lipinski definition) is 6. The molecule has 3 amide bonds. The minimum Gasteiger partial charge on any atom is -0.617 e. The lowest BCUT2D eigenvalue weighted by molar-refractivity contribution is -0.133. The van der Waals surface area contributed by atoms with Crippen LogP contribution >= 0.6 is 0 Å². The molecule has 0 saturated carbocycles. The first kappa shape index (κ1) is 31.3. The monoisotopic (exact) mass is 629 g/mol. The van der Waals surface area contributed by atoms with Crippen LogP contribution in [0.25, 0.3) is 11.1 Å². The predicted octanol–water partition coefficient (Wildman–Crippen LogP) is 2.42. The summed E-state index contributed by atoms with van der Waals surface area (Å²) in [6, 6.07) is 8.56. The van der Waals surface area contributed by atoms with E-state index in [4.69, 9.17) is 4.74 Å². The molecule has 1 N–H and O–H groups in total. The Kier molecular flexibility index (Phi) is 9.39. The number of carbonyl (C=O) groups excluding carboxylic acids is 2. The largest absolute Gasteiger partial charge is 0.617 e. The number of methoxy groups -OCH3 is 1. The van der Waals surface area contributed by atoms with Gasteiger partial charge in [0.05, 0.1) is 25.5 Å².